The second-order valence-corrected chi connectivity index (χ2v) is 8.43. The minimum Gasteiger partial charge on any atom is -0.424 e. The van der Waals surface area contributed by atoms with Gasteiger partial charge in [0.25, 0.3) is 0 Å². The van der Waals surface area contributed by atoms with Gasteiger partial charge in [0.1, 0.15) is 0 Å². The maximum atomic E-state index is 12.4. The van der Waals surface area contributed by atoms with Crippen molar-refractivity contribution in [2.24, 2.45) is 5.92 Å². The van der Waals surface area contributed by atoms with Crippen molar-refractivity contribution in [3.8, 4) is 0 Å². The highest BCUT2D eigenvalue weighted by Crippen LogP contribution is 2.39. The zero-order valence-electron chi connectivity index (χ0n) is 16.9. The highest BCUT2D eigenvalue weighted by Gasteiger charge is 2.32. The molecule has 8 nitrogen and oxygen atoms in total. The van der Waals surface area contributed by atoms with E-state index in [1.165, 1.54) is 12.8 Å². The number of methoxy groups -OCH3 is 1. The van der Waals surface area contributed by atoms with Gasteiger partial charge < -0.3 is 14.5 Å². The van der Waals surface area contributed by atoms with Crippen LogP contribution in [0.25, 0.3) is 0 Å². The normalized spacial score (nSPS) is 25.1. The molecule has 1 aromatic heterocycles. The fourth-order valence-corrected chi connectivity index (χ4v) is 4.43. The Hall–Kier alpha value is -1.51. The van der Waals surface area contributed by atoms with E-state index in [0.29, 0.717) is 25.1 Å². The van der Waals surface area contributed by atoms with Crippen LogP contribution >= 0.6 is 0 Å². The molecule has 2 aliphatic heterocycles. The van der Waals surface area contributed by atoms with Crippen LogP contribution in [-0.4, -0.2) is 78.4 Å². The molecule has 0 unspecified atom stereocenters. The molecule has 1 amide bonds. The van der Waals surface area contributed by atoms with Gasteiger partial charge in [0.15, 0.2) is 0 Å². The van der Waals surface area contributed by atoms with E-state index < -0.39 is 0 Å². The summed E-state index contributed by atoms with van der Waals surface area (Å²) in [4.78, 5) is 17.3. The van der Waals surface area contributed by atoms with Gasteiger partial charge in [-0.3, -0.25) is 14.6 Å². The number of carbonyl (C=O) groups is 1. The fourth-order valence-electron chi connectivity index (χ4n) is 4.43. The summed E-state index contributed by atoms with van der Waals surface area (Å²) in [6.07, 6.45) is 6.76. The molecule has 1 saturated carbocycles. The zero-order chi connectivity index (χ0) is 19.3. The van der Waals surface area contributed by atoms with Crippen molar-refractivity contribution in [2.75, 3.05) is 46.4 Å². The van der Waals surface area contributed by atoms with Crippen molar-refractivity contribution in [1.29, 1.82) is 0 Å². The molecule has 156 valence electrons. The molecule has 3 fully saturated rings. The van der Waals surface area contributed by atoms with Gasteiger partial charge in [-0.2, -0.15) is 0 Å². The van der Waals surface area contributed by atoms with Gasteiger partial charge in [-0.25, -0.2) is 0 Å². The van der Waals surface area contributed by atoms with E-state index in [1.807, 2.05) is 0 Å². The summed E-state index contributed by atoms with van der Waals surface area (Å²) in [5.41, 5.74) is 0. The number of piperidine rings is 2. The highest BCUT2D eigenvalue weighted by atomic mass is 16.5. The summed E-state index contributed by atoms with van der Waals surface area (Å²) < 4.78 is 10.8. The fraction of sp³-hybridized carbons (Fsp3) is 0.850. The van der Waals surface area contributed by atoms with Crippen molar-refractivity contribution in [2.45, 2.75) is 57.0 Å². The summed E-state index contributed by atoms with van der Waals surface area (Å²) in [5.74, 6) is 2.40. The van der Waals surface area contributed by atoms with Gasteiger partial charge in [0.2, 0.25) is 17.7 Å². The Morgan fingerprint density at radius 3 is 2.75 bits per heavy atom. The van der Waals surface area contributed by atoms with Crippen LogP contribution in [0.3, 0.4) is 0 Å². The van der Waals surface area contributed by atoms with E-state index in [0.717, 1.165) is 70.2 Å². The molecule has 0 aromatic carbocycles. The van der Waals surface area contributed by atoms with Gasteiger partial charge in [-0.1, -0.05) is 0 Å². The number of nitrogens with one attached hydrogen (secondary N) is 1. The SMILES string of the molecule is COCCNC(=O)[C@H]1CCCN(C2CCN(Cc3nnc(C4CC4)o3)CC2)C1. The summed E-state index contributed by atoms with van der Waals surface area (Å²) in [5, 5.41) is 11.4. The molecule has 3 aliphatic rings. The largest absolute Gasteiger partial charge is 0.424 e. The van der Waals surface area contributed by atoms with Crippen molar-refractivity contribution >= 4 is 5.91 Å². The maximum absolute atomic E-state index is 12.4. The van der Waals surface area contributed by atoms with Gasteiger partial charge in [0, 0.05) is 45.2 Å². The Kier molecular flexibility index (Phi) is 6.59. The minimum atomic E-state index is 0.114. The average Bonchev–Trinajstić information content (AvgIpc) is 3.48. The minimum absolute atomic E-state index is 0.114. The van der Waals surface area contributed by atoms with Gasteiger partial charge in [0.05, 0.1) is 19.1 Å². The molecule has 1 atom stereocenters. The molecule has 28 heavy (non-hydrogen) atoms. The number of carbonyl (C=O) groups excluding carboxylic acids is 1. The van der Waals surface area contributed by atoms with Crippen molar-refractivity contribution < 1.29 is 13.9 Å². The molecule has 0 radical (unpaired) electrons. The van der Waals surface area contributed by atoms with Crippen LogP contribution < -0.4 is 5.32 Å². The number of hydrogen-bond acceptors (Lipinski definition) is 7. The standard InChI is InChI=1S/C20H33N5O3/c1-27-12-8-21-19(26)16-3-2-9-25(13-16)17-6-10-24(11-7-17)14-18-22-23-20(28-18)15-4-5-15/h15-17H,2-14H2,1H3,(H,21,26)/t16-/m0/s1. The predicted octanol–water partition coefficient (Wildman–Crippen LogP) is 1.39. The molecular formula is C20H33N5O3. The number of ether oxygens (including phenoxy) is 1. The van der Waals surface area contributed by atoms with E-state index in [9.17, 15) is 4.79 Å². The second kappa shape index (κ2) is 9.33. The van der Waals surface area contributed by atoms with Crippen LogP contribution in [0.1, 0.15) is 56.2 Å². The van der Waals surface area contributed by atoms with Crippen LogP contribution in [0.4, 0.5) is 0 Å². The van der Waals surface area contributed by atoms with Crippen LogP contribution in [0.5, 0.6) is 0 Å². The molecular weight excluding hydrogens is 358 g/mol. The highest BCUT2D eigenvalue weighted by molar-refractivity contribution is 5.78. The first-order valence-electron chi connectivity index (χ1n) is 10.8. The van der Waals surface area contributed by atoms with Crippen molar-refractivity contribution in [3.05, 3.63) is 11.8 Å². The van der Waals surface area contributed by atoms with Crippen LogP contribution in [0.15, 0.2) is 4.42 Å². The topological polar surface area (TPSA) is 83.7 Å². The molecule has 1 N–H and O–H groups in total. The third-order valence-corrected chi connectivity index (χ3v) is 6.27. The third-order valence-electron chi connectivity index (χ3n) is 6.27. The van der Waals surface area contributed by atoms with Gasteiger partial charge in [-0.15, -0.1) is 10.2 Å². The second-order valence-electron chi connectivity index (χ2n) is 8.43. The smallest absolute Gasteiger partial charge is 0.230 e. The Balaban J connectivity index is 1.21. The first-order chi connectivity index (χ1) is 13.7. The number of aromatic nitrogens is 2. The molecule has 8 heteroatoms. The number of likely N-dealkylation sites (tertiary alicyclic amines) is 2. The monoisotopic (exact) mass is 391 g/mol. The first kappa shape index (κ1) is 19.8. The Morgan fingerprint density at radius 1 is 1.18 bits per heavy atom. The van der Waals surface area contributed by atoms with Gasteiger partial charge >= 0.3 is 0 Å². The molecule has 4 rings (SSSR count). The van der Waals surface area contributed by atoms with E-state index in [2.05, 4.69) is 25.3 Å². The van der Waals surface area contributed by atoms with E-state index in [4.69, 9.17) is 9.15 Å². The summed E-state index contributed by atoms with van der Waals surface area (Å²) in [6.45, 7) is 6.03. The molecule has 1 aromatic rings. The van der Waals surface area contributed by atoms with Gasteiger partial charge in [-0.05, 0) is 45.1 Å². The number of amides is 1. The maximum Gasteiger partial charge on any atom is 0.230 e. The first-order valence-corrected chi connectivity index (χ1v) is 10.8. The van der Waals surface area contributed by atoms with Crippen molar-refractivity contribution in [3.63, 3.8) is 0 Å². The Morgan fingerprint density at radius 2 is 2.00 bits per heavy atom. The lowest BCUT2D eigenvalue weighted by Crippen LogP contribution is -2.50. The molecule has 3 heterocycles. The van der Waals surface area contributed by atoms with Crippen LogP contribution in [0, 0.1) is 5.92 Å². The van der Waals surface area contributed by atoms with E-state index >= 15 is 0 Å². The predicted molar refractivity (Wildman–Crippen MR) is 104 cm³/mol. The lowest BCUT2D eigenvalue weighted by atomic mass is 9.93. The lowest BCUT2D eigenvalue weighted by Gasteiger charge is -2.41. The Labute approximate surface area is 167 Å². The van der Waals surface area contributed by atoms with Crippen LogP contribution in [0.2, 0.25) is 0 Å². The lowest BCUT2D eigenvalue weighted by molar-refractivity contribution is -0.127. The number of nitrogens with zero attached hydrogens (tertiary/aromatic N) is 4. The summed E-state index contributed by atoms with van der Waals surface area (Å²) in [6, 6.07) is 0.579. The molecule has 2 saturated heterocycles. The van der Waals surface area contributed by atoms with Crippen LogP contribution in [-0.2, 0) is 16.1 Å². The van der Waals surface area contributed by atoms with E-state index in [-0.39, 0.29) is 11.8 Å². The third kappa shape index (κ3) is 5.10. The average molecular weight is 392 g/mol. The zero-order valence-corrected chi connectivity index (χ0v) is 16.9. The quantitative estimate of drug-likeness (QED) is 0.670. The Bertz CT molecular complexity index is 640. The summed E-state index contributed by atoms with van der Waals surface area (Å²) in [7, 11) is 1.66. The molecule has 0 bridgehead atoms. The van der Waals surface area contributed by atoms with Crippen molar-refractivity contribution in [1.82, 2.24) is 25.3 Å². The molecule has 0 spiro atoms. The molecule has 1 aliphatic carbocycles. The van der Waals surface area contributed by atoms with E-state index in [1.54, 1.807) is 7.11 Å². The summed E-state index contributed by atoms with van der Waals surface area (Å²) >= 11 is 0. The number of rotatable bonds is 8. The number of hydrogen-bond donors (Lipinski definition) is 1.